The Labute approximate surface area is 118 Å². The van der Waals surface area contributed by atoms with Gasteiger partial charge in [-0.15, -0.1) is 0 Å². The summed E-state index contributed by atoms with van der Waals surface area (Å²) >= 11 is 6.16. The summed E-state index contributed by atoms with van der Waals surface area (Å²) in [6, 6.07) is 7.24. The number of hydrogen-bond donors (Lipinski definition) is 1. The maximum Gasteiger partial charge on any atom is 0.177 e. The summed E-state index contributed by atoms with van der Waals surface area (Å²) in [6.07, 6.45) is 1.30. The molecule has 3 aromatic rings. The Balaban J connectivity index is 1.96. The molecule has 0 saturated carbocycles. The van der Waals surface area contributed by atoms with Gasteiger partial charge in [-0.05, 0) is 23.7 Å². The van der Waals surface area contributed by atoms with Gasteiger partial charge in [-0.1, -0.05) is 28.9 Å². The molecule has 0 unspecified atom stereocenters. The Bertz CT molecular complexity index is 809. The van der Waals surface area contributed by atoms with Gasteiger partial charge in [0, 0.05) is 12.0 Å². The van der Waals surface area contributed by atoms with Crippen LogP contribution in [0.15, 0.2) is 28.9 Å². The Morgan fingerprint density at radius 3 is 2.85 bits per heavy atom. The van der Waals surface area contributed by atoms with Crippen LogP contribution < -0.4 is 0 Å². The Morgan fingerprint density at radius 2 is 2.00 bits per heavy atom. The lowest BCUT2D eigenvalue weighted by Gasteiger charge is -2.08. The minimum Gasteiger partial charge on any atom is -0.427 e. The number of fused-ring (bicyclic) bond motifs is 3. The summed E-state index contributed by atoms with van der Waals surface area (Å²) in [4.78, 5) is 4.46. The van der Waals surface area contributed by atoms with Crippen molar-refractivity contribution in [2.24, 2.45) is 0 Å². The maximum atomic E-state index is 10.3. The van der Waals surface area contributed by atoms with Crippen LogP contribution in [0.5, 0.6) is 0 Å². The summed E-state index contributed by atoms with van der Waals surface area (Å²) < 4.78 is 5.82. The molecule has 0 atom stereocenters. The Morgan fingerprint density at radius 1 is 1.15 bits per heavy atom. The van der Waals surface area contributed by atoms with Gasteiger partial charge in [0.1, 0.15) is 11.4 Å². The zero-order valence-electron chi connectivity index (χ0n) is 10.2. The standard InChI is InChI=1S/C13H9ClN4O2/c14-8-4-2-1-3-7(8)13-15-12-10(18(13)19)6-5-9-11(12)17-20-16-9/h1-4,19H,5-6H2. The topological polar surface area (TPSA) is 77.0 Å². The molecule has 0 fully saturated rings. The van der Waals surface area contributed by atoms with Gasteiger partial charge in [0.25, 0.3) is 0 Å². The lowest BCUT2D eigenvalue weighted by Crippen LogP contribution is -2.07. The molecular formula is C13H9ClN4O2. The fourth-order valence-electron chi connectivity index (χ4n) is 2.46. The third-order valence-corrected chi connectivity index (χ3v) is 3.77. The quantitative estimate of drug-likeness (QED) is 0.696. The number of benzene rings is 1. The second-order valence-electron chi connectivity index (χ2n) is 4.58. The fraction of sp³-hybridized carbons (Fsp3) is 0.154. The molecule has 1 N–H and O–H groups in total. The lowest BCUT2D eigenvalue weighted by molar-refractivity contribution is 0.181. The van der Waals surface area contributed by atoms with E-state index in [0.29, 0.717) is 46.3 Å². The molecule has 0 amide bonds. The smallest absolute Gasteiger partial charge is 0.177 e. The maximum absolute atomic E-state index is 10.3. The first kappa shape index (κ1) is 11.5. The summed E-state index contributed by atoms with van der Waals surface area (Å²) in [7, 11) is 0. The normalized spacial score (nSPS) is 13.1. The van der Waals surface area contributed by atoms with Crippen molar-refractivity contribution in [3.05, 3.63) is 40.7 Å². The van der Waals surface area contributed by atoms with Crippen LogP contribution in [0, 0.1) is 0 Å². The summed E-state index contributed by atoms with van der Waals surface area (Å²) in [5.74, 6) is 0.399. The van der Waals surface area contributed by atoms with Crippen molar-refractivity contribution < 1.29 is 9.84 Å². The van der Waals surface area contributed by atoms with Gasteiger partial charge in [0.15, 0.2) is 11.5 Å². The number of aromatic nitrogens is 4. The Kier molecular flexibility index (Phi) is 2.34. The lowest BCUT2D eigenvalue weighted by atomic mass is 10.0. The van der Waals surface area contributed by atoms with Gasteiger partial charge in [0.2, 0.25) is 0 Å². The van der Waals surface area contributed by atoms with E-state index in [2.05, 4.69) is 15.3 Å². The van der Waals surface area contributed by atoms with Crippen LogP contribution in [0.4, 0.5) is 0 Å². The zero-order chi connectivity index (χ0) is 13.7. The molecule has 6 nitrogen and oxygen atoms in total. The third kappa shape index (κ3) is 1.48. The van der Waals surface area contributed by atoms with E-state index in [9.17, 15) is 5.21 Å². The molecule has 0 saturated heterocycles. The molecule has 2 heterocycles. The van der Waals surface area contributed by atoms with E-state index in [4.69, 9.17) is 16.2 Å². The highest BCUT2D eigenvalue weighted by molar-refractivity contribution is 6.33. The van der Waals surface area contributed by atoms with Crippen LogP contribution in [0.25, 0.3) is 22.8 Å². The van der Waals surface area contributed by atoms with Gasteiger partial charge in [-0.2, -0.15) is 4.73 Å². The molecule has 1 aliphatic carbocycles. The molecule has 2 aromatic heterocycles. The van der Waals surface area contributed by atoms with Crippen molar-refractivity contribution in [2.75, 3.05) is 0 Å². The van der Waals surface area contributed by atoms with E-state index >= 15 is 0 Å². The van der Waals surface area contributed by atoms with Gasteiger partial charge in [0.05, 0.1) is 10.7 Å². The van der Waals surface area contributed by atoms with Gasteiger partial charge in [-0.3, -0.25) is 0 Å². The van der Waals surface area contributed by atoms with Crippen LogP contribution in [0.3, 0.4) is 0 Å². The largest absolute Gasteiger partial charge is 0.427 e. The highest BCUT2D eigenvalue weighted by Gasteiger charge is 2.29. The van der Waals surface area contributed by atoms with E-state index in [1.54, 1.807) is 6.07 Å². The summed E-state index contributed by atoms with van der Waals surface area (Å²) in [5.41, 5.74) is 3.32. The highest BCUT2D eigenvalue weighted by atomic mass is 35.5. The van der Waals surface area contributed by atoms with E-state index in [1.807, 2.05) is 18.2 Å². The molecule has 0 bridgehead atoms. The summed E-state index contributed by atoms with van der Waals surface area (Å²) in [6.45, 7) is 0. The first-order valence-electron chi connectivity index (χ1n) is 6.13. The van der Waals surface area contributed by atoms with Crippen LogP contribution in [-0.2, 0) is 12.8 Å². The molecule has 7 heteroatoms. The SMILES string of the molecule is On1c(-c2ccccc2Cl)nc2c1CCc1nonc1-2. The van der Waals surface area contributed by atoms with Crippen molar-refractivity contribution >= 4 is 11.6 Å². The number of rotatable bonds is 1. The highest BCUT2D eigenvalue weighted by Crippen LogP contribution is 2.35. The van der Waals surface area contributed by atoms with Gasteiger partial charge in [-0.25, -0.2) is 9.61 Å². The van der Waals surface area contributed by atoms with Gasteiger partial charge < -0.3 is 5.21 Å². The predicted molar refractivity (Wildman–Crippen MR) is 70.6 cm³/mol. The number of aryl methyl sites for hydroxylation is 1. The van der Waals surface area contributed by atoms with E-state index in [-0.39, 0.29) is 0 Å². The van der Waals surface area contributed by atoms with Crippen molar-refractivity contribution in [3.63, 3.8) is 0 Å². The van der Waals surface area contributed by atoms with Crippen molar-refractivity contribution in [1.82, 2.24) is 20.0 Å². The minimum atomic E-state index is 0.399. The fourth-order valence-corrected chi connectivity index (χ4v) is 2.68. The number of hydrogen-bond acceptors (Lipinski definition) is 5. The second-order valence-corrected chi connectivity index (χ2v) is 4.99. The van der Waals surface area contributed by atoms with Crippen LogP contribution >= 0.6 is 11.6 Å². The first-order valence-corrected chi connectivity index (χ1v) is 6.51. The van der Waals surface area contributed by atoms with E-state index in [1.165, 1.54) is 0 Å². The van der Waals surface area contributed by atoms with Crippen LogP contribution in [0.2, 0.25) is 5.02 Å². The van der Waals surface area contributed by atoms with Gasteiger partial charge >= 0.3 is 0 Å². The van der Waals surface area contributed by atoms with Crippen LogP contribution in [-0.4, -0.2) is 25.2 Å². The van der Waals surface area contributed by atoms with Crippen molar-refractivity contribution in [3.8, 4) is 22.8 Å². The molecule has 0 aliphatic heterocycles. The van der Waals surface area contributed by atoms with Crippen LogP contribution in [0.1, 0.15) is 11.4 Å². The number of halogens is 1. The Hall–Kier alpha value is -2.34. The van der Waals surface area contributed by atoms with Crippen molar-refractivity contribution in [2.45, 2.75) is 12.8 Å². The zero-order valence-corrected chi connectivity index (χ0v) is 11.0. The second kappa shape index (κ2) is 4.08. The number of imidazole rings is 1. The molecule has 0 radical (unpaired) electrons. The molecule has 0 spiro atoms. The van der Waals surface area contributed by atoms with E-state index < -0.39 is 0 Å². The average Bonchev–Trinajstić information content (AvgIpc) is 3.04. The molecular weight excluding hydrogens is 280 g/mol. The minimum absolute atomic E-state index is 0.399. The van der Waals surface area contributed by atoms with Crippen molar-refractivity contribution in [1.29, 1.82) is 0 Å². The number of nitrogens with zero attached hydrogens (tertiary/aromatic N) is 4. The molecule has 100 valence electrons. The average molecular weight is 289 g/mol. The first-order chi connectivity index (χ1) is 9.75. The third-order valence-electron chi connectivity index (χ3n) is 3.44. The summed E-state index contributed by atoms with van der Waals surface area (Å²) in [5, 5.41) is 18.6. The molecule has 20 heavy (non-hydrogen) atoms. The monoisotopic (exact) mass is 288 g/mol. The predicted octanol–water partition coefficient (Wildman–Crippen LogP) is 2.59. The van der Waals surface area contributed by atoms with E-state index in [0.717, 1.165) is 10.4 Å². The molecule has 1 aromatic carbocycles. The molecule has 1 aliphatic rings. The molecule has 4 rings (SSSR count).